The second-order valence-corrected chi connectivity index (χ2v) is 5.65. The minimum absolute atomic E-state index is 0.108. The molecule has 7 heteroatoms. The van der Waals surface area contributed by atoms with E-state index in [1.54, 1.807) is 36.4 Å². The maximum atomic E-state index is 12.3. The number of hydrogen-bond donors (Lipinski definition) is 1. The summed E-state index contributed by atoms with van der Waals surface area (Å²) in [5, 5.41) is 12.6. The van der Waals surface area contributed by atoms with Crippen LogP contribution in [0, 0.1) is 11.3 Å². The molecule has 0 bridgehead atoms. The van der Waals surface area contributed by atoms with Crippen molar-refractivity contribution >= 4 is 40.9 Å². The Hall–Kier alpha value is -2.68. The summed E-state index contributed by atoms with van der Waals surface area (Å²) in [5.41, 5.74) is 0.782. The third kappa shape index (κ3) is 3.30. The average Bonchev–Trinajstić information content (AvgIpc) is 3.01. The van der Waals surface area contributed by atoms with Gasteiger partial charge in [0.25, 0.3) is 5.91 Å². The van der Waals surface area contributed by atoms with Gasteiger partial charge >= 0.3 is 0 Å². The quantitative estimate of drug-likeness (QED) is 0.655. The van der Waals surface area contributed by atoms with Gasteiger partial charge in [-0.2, -0.15) is 5.26 Å². The highest BCUT2D eigenvalue weighted by Gasteiger charge is 2.17. The highest BCUT2D eigenvalue weighted by molar-refractivity contribution is 6.34. The van der Waals surface area contributed by atoms with Gasteiger partial charge in [-0.1, -0.05) is 35.3 Å². The molecule has 120 valence electrons. The van der Waals surface area contributed by atoms with E-state index >= 15 is 0 Å². The number of nitrogens with one attached hydrogen (secondary N) is 1. The molecule has 5 nitrogen and oxygen atoms in total. The molecular formula is C17H10Cl2N2O3. The molecule has 0 saturated carbocycles. The zero-order chi connectivity index (χ0) is 17.1. The van der Waals surface area contributed by atoms with Crippen molar-refractivity contribution in [1.29, 1.82) is 5.26 Å². The van der Waals surface area contributed by atoms with E-state index in [9.17, 15) is 10.1 Å². The largest absolute Gasteiger partial charge is 0.454 e. The second kappa shape index (κ2) is 6.83. The highest BCUT2D eigenvalue weighted by Crippen LogP contribution is 2.37. The van der Waals surface area contributed by atoms with Gasteiger partial charge < -0.3 is 14.8 Å². The molecule has 2 aromatic carbocycles. The van der Waals surface area contributed by atoms with Crippen molar-refractivity contribution in [2.24, 2.45) is 0 Å². The molecule has 1 N–H and O–H groups in total. The lowest BCUT2D eigenvalue weighted by Crippen LogP contribution is -2.13. The Morgan fingerprint density at radius 2 is 1.88 bits per heavy atom. The van der Waals surface area contributed by atoms with Gasteiger partial charge in [-0.15, -0.1) is 0 Å². The van der Waals surface area contributed by atoms with Crippen molar-refractivity contribution < 1.29 is 14.3 Å². The summed E-state index contributed by atoms with van der Waals surface area (Å²) >= 11 is 12.2. The van der Waals surface area contributed by atoms with Crippen LogP contribution in [0.5, 0.6) is 11.5 Å². The molecule has 0 aliphatic carbocycles. The molecule has 0 aromatic heterocycles. The van der Waals surface area contributed by atoms with E-state index in [2.05, 4.69) is 5.32 Å². The number of carbonyl (C=O) groups is 1. The topological polar surface area (TPSA) is 71.3 Å². The number of rotatable bonds is 3. The molecule has 1 aliphatic rings. The van der Waals surface area contributed by atoms with Crippen molar-refractivity contribution in [3.05, 3.63) is 57.6 Å². The van der Waals surface area contributed by atoms with E-state index in [1.165, 1.54) is 6.08 Å². The third-order valence-corrected chi connectivity index (χ3v) is 3.94. The van der Waals surface area contributed by atoms with E-state index in [4.69, 9.17) is 32.7 Å². The van der Waals surface area contributed by atoms with E-state index in [0.717, 1.165) is 0 Å². The Labute approximate surface area is 148 Å². The van der Waals surface area contributed by atoms with Crippen LogP contribution in [-0.4, -0.2) is 12.7 Å². The van der Waals surface area contributed by atoms with Crippen LogP contribution in [0.4, 0.5) is 5.69 Å². The first-order valence-corrected chi connectivity index (χ1v) is 7.61. The lowest BCUT2D eigenvalue weighted by Gasteiger charge is -2.07. The number of fused-ring (bicyclic) bond motifs is 1. The molecule has 0 spiro atoms. The molecule has 0 fully saturated rings. The van der Waals surface area contributed by atoms with Crippen LogP contribution in [0.25, 0.3) is 6.08 Å². The first kappa shape index (κ1) is 16.2. The van der Waals surface area contributed by atoms with Crippen molar-refractivity contribution in [2.75, 3.05) is 12.1 Å². The highest BCUT2D eigenvalue weighted by atomic mass is 35.5. The van der Waals surface area contributed by atoms with Crippen LogP contribution in [0.15, 0.2) is 42.0 Å². The maximum absolute atomic E-state index is 12.3. The molecule has 3 rings (SSSR count). The third-order valence-electron chi connectivity index (χ3n) is 3.28. The summed E-state index contributed by atoms with van der Waals surface area (Å²) in [5.74, 6) is 0.449. The van der Waals surface area contributed by atoms with Gasteiger partial charge in [0.15, 0.2) is 11.5 Å². The number of halogens is 2. The van der Waals surface area contributed by atoms with E-state index in [-0.39, 0.29) is 12.4 Å². The Morgan fingerprint density at radius 3 is 2.58 bits per heavy atom. The minimum Gasteiger partial charge on any atom is -0.454 e. The van der Waals surface area contributed by atoms with Crippen LogP contribution in [0.2, 0.25) is 10.0 Å². The average molecular weight is 361 g/mol. The van der Waals surface area contributed by atoms with Crippen molar-refractivity contribution in [2.45, 2.75) is 0 Å². The van der Waals surface area contributed by atoms with E-state index in [1.807, 2.05) is 6.07 Å². The molecule has 0 atom stereocenters. The lowest BCUT2D eigenvalue weighted by molar-refractivity contribution is -0.112. The monoisotopic (exact) mass is 360 g/mol. The fourth-order valence-corrected chi connectivity index (χ4v) is 2.49. The number of amides is 1. The van der Waals surface area contributed by atoms with Gasteiger partial charge in [0, 0.05) is 6.07 Å². The van der Waals surface area contributed by atoms with Crippen molar-refractivity contribution in [3.8, 4) is 17.6 Å². The number of ether oxygens (including phenoxy) is 2. The van der Waals surface area contributed by atoms with Gasteiger partial charge in [-0.25, -0.2) is 0 Å². The van der Waals surface area contributed by atoms with Gasteiger partial charge in [-0.3, -0.25) is 4.79 Å². The molecule has 0 radical (unpaired) electrons. The number of carbonyl (C=O) groups excluding carboxylic acids is 1. The first-order chi connectivity index (χ1) is 11.6. The summed E-state index contributed by atoms with van der Waals surface area (Å²) < 4.78 is 10.5. The van der Waals surface area contributed by atoms with Crippen molar-refractivity contribution in [3.63, 3.8) is 0 Å². The molecule has 0 unspecified atom stereocenters. The fraction of sp³-hybridized carbons (Fsp3) is 0.0588. The Balaban J connectivity index is 1.89. The summed E-state index contributed by atoms with van der Waals surface area (Å²) in [6.45, 7) is 0.108. The predicted octanol–water partition coefficient (Wildman–Crippen LogP) is 4.27. The number of nitrogens with zero attached hydrogens (tertiary/aromatic N) is 1. The normalized spacial score (nSPS) is 12.6. The van der Waals surface area contributed by atoms with Gasteiger partial charge in [0.05, 0.1) is 15.7 Å². The molecule has 0 saturated heterocycles. The standard InChI is InChI=1S/C17H10Cl2N2O3/c18-12-3-1-2-4-14(12)21-17(22)11(8-20)5-10-6-15-16(7-13(10)19)24-9-23-15/h1-7H,9H2,(H,21,22)/b11-5+. The number of para-hydroxylation sites is 1. The Kier molecular flexibility index (Phi) is 4.61. The Morgan fingerprint density at radius 1 is 1.17 bits per heavy atom. The molecule has 1 aliphatic heterocycles. The van der Waals surface area contributed by atoms with Crippen LogP contribution < -0.4 is 14.8 Å². The number of nitriles is 1. The Bertz CT molecular complexity index is 888. The van der Waals surface area contributed by atoms with Crippen LogP contribution >= 0.6 is 23.2 Å². The summed E-state index contributed by atoms with van der Waals surface area (Å²) in [7, 11) is 0. The molecule has 1 heterocycles. The molecule has 24 heavy (non-hydrogen) atoms. The number of hydrogen-bond acceptors (Lipinski definition) is 4. The summed E-state index contributed by atoms with van der Waals surface area (Å²) in [6.07, 6.45) is 1.39. The maximum Gasteiger partial charge on any atom is 0.266 e. The minimum atomic E-state index is -0.584. The molecule has 2 aromatic rings. The zero-order valence-corrected chi connectivity index (χ0v) is 13.7. The van der Waals surface area contributed by atoms with Crippen LogP contribution in [-0.2, 0) is 4.79 Å². The smallest absolute Gasteiger partial charge is 0.266 e. The van der Waals surface area contributed by atoms with Crippen molar-refractivity contribution in [1.82, 2.24) is 0 Å². The molecule has 1 amide bonds. The SMILES string of the molecule is N#C/C(=C\c1cc2c(cc1Cl)OCO2)C(=O)Nc1ccccc1Cl. The molecular weight excluding hydrogens is 351 g/mol. The van der Waals surface area contributed by atoms with Gasteiger partial charge in [-0.05, 0) is 29.8 Å². The first-order valence-electron chi connectivity index (χ1n) is 6.85. The zero-order valence-electron chi connectivity index (χ0n) is 12.2. The van der Waals surface area contributed by atoms with Gasteiger partial charge in [0.1, 0.15) is 11.6 Å². The van der Waals surface area contributed by atoms with Gasteiger partial charge in [0.2, 0.25) is 6.79 Å². The van der Waals surface area contributed by atoms with Crippen LogP contribution in [0.1, 0.15) is 5.56 Å². The number of anilines is 1. The fourth-order valence-electron chi connectivity index (χ4n) is 2.10. The summed E-state index contributed by atoms with van der Waals surface area (Å²) in [4.78, 5) is 12.3. The predicted molar refractivity (Wildman–Crippen MR) is 91.2 cm³/mol. The van der Waals surface area contributed by atoms with E-state index in [0.29, 0.717) is 32.8 Å². The second-order valence-electron chi connectivity index (χ2n) is 4.83. The van der Waals surface area contributed by atoms with Crippen LogP contribution in [0.3, 0.4) is 0 Å². The lowest BCUT2D eigenvalue weighted by atomic mass is 10.1. The van der Waals surface area contributed by atoms with E-state index < -0.39 is 5.91 Å². The summed E-state index contributed by atoms with van der Waals surface area (Å²) in [6, 6.07) is 11.8. The number of benzene rings is 2.